The molecule has 0 saturated carbocycles. The van der Waals surface area contributed by atoms with Crippen LogP contribution in [-0.2, 0) is 4.74 Å². The molecular formula is C11H15N5O3S. The molecule has 0 aromatic carbocycles. The summed E-state index contributed by atoms with van der Waals surface area (Å²) in [4.78, 5) is 12.4. The van der Waals surface area contributed by atoms with E-state index in [9.17, 15) is 10.2 Å². The van der Waals surface area contributed by atoms with Gasteiger partial charge in [-0.3, -0.25) is 4.57 Å². The molecule has 4 N–H and O–H groups in total. The molecule has 2 aromatic heterocycles. The minimum Gasteiger partial charge on any atom is -0.394 e. The van der Waals surface area contributed by atoms with Gasteiger partial charge in [0.25, 0.3) is 0 Å². The summed E-state index contributed by atoms with van der Waals surface area (Å²) in [7, 11) is 0. The van der Waals surface area contributed by atoms with Crippen LogP contribution in [0.5, 0.6) is 0 Å². The number of aryl methyl sites for hydroxylation is 1. The predicted octanol–water partition coefficient (Wildman–Crippen LogP) is -0.734. The molecule has 1 aliphatic rings. The minimum absolute atomic E-state index is 0.280. The highest BCUT2D eigenvalue weighted by Crippen LogP contribution is 2.36. The average Bonchev–Trinajstić information content (AvgIpc) is 2.90. The zero-order valence-corrected chi connectivity index (χ0v) is 11.6. The first-order valence-electron chi connectivity index (χ1n) is 6.12. The zero-order chi connectivity index (χ0) is 14.4. The third-order valence-electron chi connectivity index (χ3n) is 3.45. The van der Waals surface area contributed by atoms with Crippen molar-refractivity contribution in [2.24, 2.45) is 0 Å². The number of fused-ring (bicyclic) bond motifs is 1. The van der Waals surface area contributed by atoms with Gasteiger partial charge in [-0.15, -0.1) is 0 Å². The molecule has 0 spiro atoms. The monoisotopic (exact) mass is 297 g/mol. The van der Waals surface area contributed by atoms with Gasteiger partial charge in [-0.2, -0.15) is 12.6 Å². The lowest BCUT2D eigenvalue weighted by Gasteiger charge is -2.18. The molecule has 4 atom stereocenters. The summed E-state index contributed by atoms with van der Waals surface area (Å²) in [6, 6.07) is 0. The van der Waals surface area contributed by atoms with E-state index < -0.39 is 23.7 Å². The third-order valence-corrected chi connectivity index (χ3v) is 4.01. The van der Waals surface area contributed by atoms with Gasteiger partial charge in [-0.05, 0) is 6.92 Å². The van der Waals surface area contributed by atoms with Crippen molar-refractivity contribution in [1.82, 2.24) is 19.5 Å². The first-order valence-corrected chi connectivity index (χ1v) is 6.63. The number of aliphatic hydroxyl groups excluding tert-OH is 2. The molecule has 9 heteroatoms. The second kappa shape index (κ2) is 4.85. The Labute approximate surface area is 120 Å². The van der Waals surface area contributed by atoms with E-state index in [0.29, 0.717) is 17.0 Å². The van der Waals surface area contributed by atoms with E-state index in [0.717, 1.165) is 0 Å². The molecule has 1 fully saturated rings. The van der Waals surface area contributed by atoms with Gasteiger partial charge in [0.05, 0.1) is 18.0 Å². The second-order valence-electron chi connectivity index (χ2n) is 4.69. The number of aromatic nitrogens is 4. The molecule has 0 aliphatic carbocycles. The van der Waals surface area contributed by atoms with Crippen LogP contribution in [0.4, 0.5) is 5.82 Å². The maximum Gasteiger partial charge on any atom is 0.167 e. The molecule has 20 heavy (non-hydrogen) atoms. The topological polar surface area (TPSA) is 119 Å². The predicted molar refractivity (Wildman–Crippen MR) is 74.2 cm³/mol. The van der Waals surface area contributed by atoms with Gasteiger partial charge >= 0.3 is 0 Å². The number of rotatable bonds is 2. The maximum absolute atomic E-state index is 9.99. The Bertz CT molecular complexity index is 648. The van der Waals surface area contributed by atoms with Crippen molar-refractivity contribution < 1.29 is 14.9 Å². The van der Waals surface area contributed by atoms with Gasteiger partial charge in [0.1, 0.15) is 18.3 Å². The molecule has 3 rings (SSSR count). The molecule has 0 amide bonds. The smallest absolute Gasteiger partial charge is 0.167 e. The summed E-state index contributed by atoms with van der Waals surface area (Å²) in [5.41, 5.74) is 6.78. The summed E-state index contributed by atoms with van der Waals surface area (Å²) >= 11 is 4.37. The molecule has 0 radical (unpaired) electrons. The molecule has 0 bridgehead atoms. The van der Waals surface area contributed by atoms with Gasteiger partial charge in [0.15, 0.2) is 23.2 Å². The van der Waals surface area contributed by atoms with Crippen LogP contribution in [0.1, 0.15) is 12.1 Å². The number of ether oxygens (including phenoxy) is 1. The summed E-state index contributed by atoms with van der Waals surface area (Å²) in [6.07, 6.45) is -0.787. The Morgan fingerprint density at radius 1 is 1.50 bits per heavy atom. The van der Waals surface area contributed by atoms with Gasteiger partial charge in [-0.1, -0.05) is 0 Å². The van der Waals surface area contributed by atoms with Crippen LogP contribution >= 0.6 is 12.6 Å². The summed E-state index contributed by atoms with van der Waals surface area (Å²) in [6.45, 7) is 1.50. The Morgan fingerprint density at radius 3 is 2.90 bits per heavy atom. The number of aliphatic hydroxyl groups is 2. The van der Waals surface area contributed by atoms with Crippen molar-refractivity contribution in [3.63, 3.8) is 0 Å². The fourth-order valence-electron chi connectivity index (χ4n) is 2.43. The van der Waals surface area contributed by atoms with Crippen LogP contribution < -0.4 is 5.73 Å². The fourth-order valence-corrected chi connectivity index (χ4v) is 2.83. The van der Waals surface area contributed by atoms with E-state index in [1.54, 1.807) is 11.5 Å². The lowest BCUT2D eigenvalue weighted by atomic mass is 10.2. The Morgan fingerprint density at radius 2 is 2.25 bits per heavy atom. The average molecular weight is 297 g/mol. The number of nitrogens with two attached hydrogens (primary N) is 1. The van der Waals surface area contributed by atoms with E-state index in [4.69, 9.17) is 10.5 Å². The first-order chi connectivity index (χ1) is 9.54. The number of nitrogens with zero attached hydrogens (tertiary/aromatic N) is 4. The van der Waals surface area contributed by atoms with E-state index in [-0.39, 0.29) is 12.4 Å². The highest BCUT2D eigenvalue weighted by Gasteiger charge is 2.43. The molecule has 8 nitrogen and oxygen atoms in total. The first kappa shape index (κ1) is 13.6. The lowest BCUT2D eigenvalue weighted by molar-refractivity contribution is -0.0436. The highest BCUT2D eigenvalue weighted by molar-refractivity contribution is 7.81. The Kier molecular flexibility index (Phi) is 3.28. The molecule has 2 aromatic rings. The van der Waals surface area contributed by atoms with Crippen LogP contribution in [0, 0.1) is 6.92 Å². The quantitative estimate of drug-likeness (QED) is 0.539. The van der Waals surface area contributed by atoms with E-state index in [1.165, 1.54) is 6.33 Å². The number of imidazole rings is 1. The number of nitrogen functional groups attached to an aromatic ring is 1. The maximum atomic E-state index is 9.99. The van der Waals surface area contributed by atoms with E-state index in [2.05, 4.69) is 27.6 Å². The van der Waals surface area contributed by atoms with Crippen LogP contribution in [0.25, 0.3) is 11.2 Å². The third kappa shape index (κ3) is 1.85. The van der Waals surface area contributed by atoms with Crippen molar-refractivity contribution in [2.45, 2.75) is 30.6 Å². The van der Waals surface area contributed by atoms with Crippen molar-refractivity contribution in [2.75, 3.05) is 12.3 Å². The largest absolute Gasteiger partial charge is 0.394 e. The van der Waals surface area contributed by atoms with Crippen molar-refractivity contribution >= 4 is 29.6 Å². The number of hydrogen-bond donors (Lipinski definition) is 4. The molecule has 3 heterocycles. The van der Waals surface area contributed by atoms with Crippen LogP contribution in [0.2, 0.25) is 0 Å². The fraction of sp³-hybridized carbons (Fsp3) is 0.545. The summed E-state index contributed by atoms with van der Waals surface area (Å²) < 4.78 is 7.37. The Hall–Kier alpha value is -1.42. The Balaban J connectivity index is 2.11. The van der Waals surface area contributed by atoms with Gasteiger partial charge in [0, 0.05) is 0 Å². The van der Waals surface area contributed by atoms with E-state index in [1.807, 2.05) is 0 Å². The standard InChI is InChI=1S/C11H15N5O3S/c1-4-15-6-9(12)13-3-14-10(6)16(4)11-8(20)7(18)5(2-17)19-11/h3,5,7-8,11,17-18,20H,2H2,1H3,(H2,12,13,14). The van der Waals surface area contributed by atoms with Crippen molar-refractivity contribution in [3.8, 4) is 0 Å². The minimum atomic E-state index is -0.871. The molecule has 1 aliphatic heterocycles. The van der Waals surface area contributed by atoms with E-state index >= 15 is 0 Å². The number of anilines is 1. The van der Waals surface area contributed by atoms with Gasteiger partial charge < -0.3 is 20.7 Å². The molecule has 4 unspecified atom stereocenters. The molecular weight excluding hydrogens is 282 g/mol. The van der Waals surface area contributed by atoms with Gasteiger partial charge in [-0.25, -0.2) is 15.0 Å². The second-order valence-corrected chi connectivity index (χ2v) is 5.29. The van der Waals surface area contributed by atoms with Crippen LogP contribution in [0.3, 0.4) is 0 Å². The van der Waals surface area contributed by atoms with Crippen LogP contribution in [0.15, 0.2) is 6.33 Å². The SMILES string of the molecule is Cc1nc2c(N)ncnc2n1C1OC(CO)C(O)C1S. The zero-order valence-electron chi connectivity index (χ0n) is 10.7. The molecule has 1 saturated heterocycles. The van der Waals surface area contributed by atoms with Crippen molar-refractivity contribution in [1.29, 1.82) is 0 Å². The summed E-state index contributed by atoms with van der Waals surface area (Å²) in [5.74, 6) is 0.909. The molecule has 108 valence electrons. The van der Waals surface area contributed by atoms with Crippen LogP contribution in [-0.4, -0.2) is 53.8 Å². The number of thiol groups is 1. The normalized spacial score (nSPS) is 30.2. The summed E-state index contributed by atoms with van der Waals surface area (Å²) in [5, 5.41) is 18.7. The van der Waals surface area contributed by atoms with Gasteiger partial charge in [0.2, 0.25) is 0 Å². The number of hydrogen-bond acceptors (Lipinski definition) is 8. The lowest BCUT2D eigenvalue weighted by Crippen LogP contribution is -2.30. The van der Waals surface area contributed by atoms with Crippen molar-refractivity contribution in [3.05, 3.63) is 12.2 Å². The highest BCUT2D eigenvalue weighted by atomic mass is 32.1.